The molecule has 6 nitrogen and oxygen atoms in total. The third-order valence-electron chi connectivity index (χ3n) is 2.78. The minimum absolute atomic E-state index is 0.0198. The number of carboxylic acids is 1. The van der Waals surface area contributed by atoms with Crippen LogP contribution in [0.3, 0.4) is 0 Å². The highest BCUT2D eigenvalue weighted by molar-refractivity contribution is 7.84. The summed E-state index contributed by atoms with van der Waals surface area (Å²) in [5.74, 6) is -1.13. The molecule has 0 aliphatic heterocycles. The maximum Gasteiger partial charge on any atom is 0.336 e. The lowest BCUT2D eigenvalue weighted by Crippen LogP contribution is -2.05. The lowest BCUT2D eigenvalue weighted by molar-refractivity contribution is -0.384. The SMILES string of the molecule is O=C(O)c1ccccc1S(=O)Cc1cccc([N+](=O)[O-])c1. The molecular formula is C14H11NO5S. The summed E-state index contributed by atoms with van der Waals surface area (Å²) in [4.78, 5) is 21.5. The molecule has 0 fully saturated rings. The van der Waals surface area contributed by atoms with E-state index in [1.54, 1.807) is 18.2 Å². The molecule has 0 heterocycles. The standard InChI is InChI=1S/C14H11NO5S/c16-14(17)12-6-1-2-7-13(12)21(20)9-10-4-3-5-11(8-10)15(18)19/h1-8H,9H2,(H,16,17). The quantitative estimate of drug-likeness (QED) is 0.676. The van der Waals surface area contributed by atoms with Crippen LogP contribution in [0.2, 0.25) is 0 Å². The summed E-state index contributed by atoms with van der Waals surface area (Å²) in [7, 11) is -1.59. The van der Waals surface area contributed by atoms with E-state index in [4.69, 9.17) is 5.11 Å². The summed E-state index contributed by atoms with van der Waals surface area (Å²) < 4.78 is 12.3. The van der Waals surface area contributed by atoms with Crippen LogP contribution in [0, 0.1) is 10.1 Å². The monoisotopic (exact) mass is 305 g/mol. The molecular weight excluding hydrogens is 294 g/mol. The summed E-state index contributed by atoms with van der Waals surface area (Å²) in [6.45, 7) is 0. The van der Waals surface area contributed by atoms with E-state index in [2.05, 4.69) is 0 Å². The van der Waals surface area contributed by atoms with Crippen molar-refractivity contribution in [1.82, 2.24) is 0 Å². The number of hydrogen-bond donors (Lipinski definition) is 1. The number of rotatable bonds is 5. The maximum absolute atomic E-state index is 12.3. The van der Waals surface area contributed by atoms with Gasteiger partial charge in [-0.15, -0.1) is 0 Å². The lowest BCUT2D eigenvalue weighted by atomic mass is 10.2. The second-order valence-corrected chi connectivity index (χ2v) is 5.64. The Hall–Kier alpha value is -2.54. The van der Waals surface area contributed by atoms with E-state index in [1.807, 2.05) is 0 Å². The van der Waals surface area contributed by atoms with Crippen LogP contribution >= 0.6 is 0 Å². The van der Waals surface area contributed by atoms with Crippen LogP contribution in [0.1, 0.15) is 15.9 Å². The zero-order valence-electron chi connectivity index (χ0n) is 10.8. The summed E-state index contributed by atoms with van der Waals surface area (Å²) in [5, 5.41) is 19.8. The van der Waals surface area contributed by atoms with Gasteiger partial charge in [0, 0.05) is 12.1 Å². The van der Waals surface area contributed by atoms with E-state index in [9.17, 15) is 19.1 Å². The molecule has 0 saturated heterocycles. The van der Waals surface area contributed by atoms with E-state index in [-0.39, 0.29) is 21.9 Å². The molecule has 1 atom stereocenters. The van der Waals surface area contributed by atoms with Crippen LogP contribution in [0.5, 0.6) is 0 Å². The van der Waals surface area contributed by atoms with Crippen LogP contribution in [-0.2, 0) is 16.6 Å². The Bertz CT molecular complexity index is 729. The minimum Gasteiger partial charge on any atom is -0.478 e. The van der Waals surface area contributed by atoms with Crippen LogP contribution < -0.4 is 0 Å². The predicted octanol–water partition coefficient (Wildman–Crippen LogP) is 2.60. The molecule has 0 aromatic heterocycles. The Labute approximate surface area is 122 Å². The molecule has 0 bridgehead atoms. The largest absolute Gasteiger partial charge is 0.478 e. The summed E-state index contributed by atoms with van der Waals surface area (Å²) in [6.07, 6.45) is 0. The van der Waals surface area contributed by atoms with Gasteiger partial charge in [0.2, 0.25) is 0 Å². The number of hydrogen-bond acceptors (Lipinski definition) is 4. The third kappa shape index (κ3) is 3.51. The van der Waals surface area contributed by atoms with Crippen molar-refractivity contribution in [2.45, 2.75) is 10.6 Å². The first-order chi connectivity index (χ1) is 9.99. The molecule has 1 N–H and O–H groups in total. The van der Waals surface area contributed by atoms with E-state index < -0.39 is 21.7 Å². The number of nitro benzene ring substituents is 1. The first-order valence-corrected chi connectivity index (χ1v) is 7.25. The topological polar surface area (TPSA) is 97.5 Å². The van der Waals surface area contributed by atoms with E-state index in [0.29, 0.717) is 5.56 Å². The molecule has 0 aliphatic rings. The van der Waals surface area contributed by atoms with Crippen LogP contribution in [0.15, 0.2) is 53.4 Å². The lowest BCUT2D eigenvalue weighted by Gasteiger charge is -2.06. The van der Waals surface area contributed by atoms with E-state index in [0.717, 1.165) is 0 Å². The van der Waals surface area contributed by atoms with Crippen molar-refractivity contribution in [2.24, 2.45) is 0 Å². The fourth-order valence-corrected chi connectivity index (χ4v) is 3.10. The Morgan fingerprint density at radius 2 is 1.90 bits per heavy atom. The number of benzene rings is 2. The number of nitro groups is 1. The summed E-state index contributed by atoms with van der Waals surface area (Å²) in [5.41, 5.74) is 0.403. The Kier molecular flexibility index (Phi) is 4.44. The number of aromatic carboxylic acids is 1. The van der Waals surface area contributed by atoms with Gasteiger partial charge in [-0.05, 0) is 17.7 Å². The van der Waals surface area contributed by atoms with Crippen molar-refractivity contribution >= 4 is 22.5 Å². The van der Waals surface area contributed by atoms with Gasteiger partial charge in [0.05, 0.1) is 31.9 Å². The summed E-state index contributed by atoms with van der Waals surface area (Å²) >= 11 is 0. The fourth-order valence-electron chi connectivity index (χ4n) is 1.83. The van der Waals surface area contributed by atoms with Gasteiger partial charge in [-0.2, -0.15) is 0 Å². The maximum atomic E-state index is 12.3. The third-order valence-corrected chi connectivity index (χ3v) is 4.22. The first kappa shape index (κ1) is 14.9. The normalized spacial score (nSPS) is 11.8. The molecule has 2 rings (SSSR count). The van der Waals surface area contributed by atoms with Crippen LogP contribution in [-0.4, -0.2) is 20.2 Å². The Morgan fingerprint density at radius 1 is 1.19 bits per heavy atom. The zero-order valence-corrected chi connectivity index (χ0v) is 11.6. The average molecular weight is 305 g/mol. The second kappa shape index (κ2) is 6.27. The molecule has 0 radical (unpaired) electrons. The molecule has 108 valence electrons. The molecule has 21 heavy (non-hydrogen) atoms. The first-order valence-electron chi connectivity index (χ1n) is 5.93. The smallest absolute Gasteiger partial charge is 0.336 e. The molecule has 0 aliphatic carbocycles. The van der Waals surface area contributed by atoms with Gasteiger partial charge < -0.3 is 5.11 Å². The Morgan fingerprint density at radius 3 is 2.57 bits per heavy atom. The molecule has 2 aromatic rings. The van der Waals surface area contributed by atoms with Crippen LogP contribution in [0.4, 0.5) is 5.69 Å². The van der Waals surface area contributed by atoms with Gasteiger partial charge in [-0.25, -0.2) is 4.79 Å². The second-order valence-electron chi connectivity index (χ2n) is 4.22. The molecule has 0 amide bonds. The van der Waals surface area contributed by atoms with Crippen molar-refractivity contribution in [3.05, 3.63) is 69.8 Å². The van der Waals surface area contributed by atoms with Crippen molar-refractivity contribution in [3.8, 4) is 0 Å². The molecule has 0 saturated carbocycles. The summed E-state index contributed by atoms with van der Waals surface area (Å²) in [6, 6.07) is 11.8. The van der Waals surface area contributed by atoms with E-state index >= 15 is 0 Å². The number of non-ortho nitro benzene ring substituents is 1. The zero-order chi connectivity index (χ0) is 15.4. The van der Waals surface area contributed by atoms with Gasteiger partial charge >= 0.3 is 5.97 Å². The van der Waals surface area contributed by atoms with Gasteiger partial charge in [0.15, 0.2) is 0 Å². The van der Waals surface area contributed by atoms with Gasteiger partial charge in [-0.1, -0.05) is 24.3 Å². The van der Waals surface area contributed by atoms with Crippen molar-refractivity contribution in [2.75, 3.05) is 0 Å². The molecule has 7 heteroatoms. The van der Waals surface area contributed by atoms with Gasteiger partial charge in [0.1, 0.15) is 0 Å². The van der Waals surface area contributed by atoms with Gasteiger partial charge in [0.25, 0.3) is 5.69 Å². The highest BCUT2D eigenvalue weighted by Crippen LogP contribution is 2.19. The number of carboxylic acid groups (broad SMARTS) is 1. The van der Waals surface area contributed by atoms with Crippen LogP contribution in [0.25, 0.3) is 0 Å². The highest BCUT2D eigenvalue weighted by atomic mass is 32.2. The predicted molar refractivity (Wildman–Crippen MR) is 76.6 cm³/mol. The molecule has 2 aromatic carbocycles. The minimum atomic E-state index is -1.59. The van der Waals surface area contributed by atoms with Gasteiger partial charge in [-0.3, -0.25) is 14.3 Å². The fraction of sp³-hybridized carbons (Fsp3) is 0.0714. The van der Waals surface area contributed by atoms with Crippen molar-refractivity contribution in [3.63, 3.8) is 0 Å². The molecule has 0 spiro atoms. The Balaban J connectivity index is 2.28. The van der Waals surface area contributed by atoms with Crippen molar-refractivity contribution in [1.29, 1.82) is 0 Å². The van der Waals surface area contributed by atoms with E-state index in [1.165, 1.54) is 30.3 Å². The highest BCUT2D eigenvalue weighted by Gasteiger charge is 2.16. The number of carbonyl (C=O) groups is 1. The molecule has 1 unspecified atom stereocenters. The van der Waals surface area contributed by atoms with Crippen molar-refractivity contribution < 1.29 is 19.0 Å². The number of nitrogens with zero attached hydrogens (tertiary/aromatic N) is 1. The average Bonchev–Trinajstić information content (AvgIpc) is 2.47.